The number of amides is 1. The third-order valence-corrected chi connectivity index (χ3v) is 3.43. The fourth-order valence-electron chi connectivity index (χ4n) is 2.23. The Labute approximate surface area is 118 Å². The molecule has 0 saturated carbocycles. The molecule has 2 rings (SSSR count). The molecular weight excluding hydrogens is 262 g/mol. The highest BCUT2D eigenvalue weighted by molar-refractivity contribution is 6.31. The molecule has 1 aromatic rings. The maximum Gasteiger partial charge on any atom is 0.254 e. The second-order valence-corrected chi connectivity index (χ2v) is 5.09. The van der Waals surface area contributed by atoms with Gasteiger partial charge in [0.1, 0.15) is 0 Å². The minimum atomic E-state index is -0.00699. The maximum atomic E-state index is 12.3. The van der Waals surface area contributed by atoms with E-state index in [4.69, 9.17) is 17.3 Å². The van der Waals surface area contributed by atoms with Gasteiger partial charge >= 0.3 is 0 Å². The highest BCUT2D eigenvalue weighted by Crippen LogP contribution is 2.18. The van der Waals surface area contributed by atoms with Crippen molar-refractivity contribution in [2.75, 3.05) is 38.5 Å². The van der Waals surface area contributed by atoms with Gasteiger partial charge in [0.15, 0.2) is 0 Å². The number of nitrogens with two attached hydrogens (primary N) is 1. The van der Waals surface area contributed by atoms with Gasteiger partial charge in [-0.3, -0.25) is 9.69 Å². The normalized spacial score (nSPS) is 16.4. The van der Waals surface area contributed by atoms with Crippen LogP contribution < -0.4 is 5.73 Å². The van der Waals surface area contributed by atoms with Gasteiger partial charge in [-0.05, 0) is 18.2 Å². The highest BCUT2D eigenvalue weighted by Gasteiger charge is 2.21. The smallest absolute Gasteiger partial charge is 0.254 e. The van der Waals surface area contributed by atoms with Crippen molar-refractivity contribution in [2.45, 2.75) is 0 Å². The first-order valence-corrected chi connectivity index (χ1v) is 6.66. The minimum absolute atomic E-state index is 0.00699. The third kappa shape index (κ3) is 3.49. The predicted molar refractivity (Wildman–Crippen MR) is 78.4 cm³/mol. The summed E-state index contributed by atoms with van der Waals surface area (Å²) < 4.78 is 0. The van der Waals surface area contributed by atoms with Crippen molar-refractivity contribution >= 4 is 23.2 Å². The molecule has 1 heterocycles. The van der Waals surface area contributed by atoms with Crippen molar-refractivity contribution in [3.8, 4) is 0 Å². The molecule has 1 aliphatic heterocycles. The predicted octanol–water partition coefficient (Wildman–Crippen LogP) is 1.87. The first kappa shape index (κ1) is 13.9. The van der Waals surface area contributed by atoms with Gasteiger partial charge in [0.2, 0.25) is 0 Å². The van der Waals surface area contributed by atoms with Crippen LogP contribution in [0.1, 0.15) is 10.4 Å². The molecule has 1 aromatic carbocycles. The van der Waals surface area contributed by atoms with E-state index in [0.717, 1.165) is 32.7 Å². The molecule has 102 valence electrons. The highest BCUT2D eigenvalue weighted by atomic mass is 35.5. The molecule has 5 heteroatoms. The number of carbonyl (C=O) groups excluding carboxylic acids is 1. The molecule has 2 N–H and O–H groups in total. The summed E-state index contributed by atoms with van der Waals surface area (Å²) >= 11 is 5.93. The fraction of sp³-hybridized carbons (Fsp3) is 0.357. The minimum Gasteiger partial charge on any atom is -0.399 e. The Hall–Kier alpha value is -1.52. The summed E-state index contributed by atoms with van der Waals surface area (Å²) in [5.41, 5.74) is 6.79. The zero-order valence-corrected chi connectivity index (χ0v) is 11.6. The third-order valence-electron chi connectivity index (χ3n) is 3.21. The second kappa shape index (κ2) is 6.08. The van der Waals surface area contributed by atoms with Gasteiger partial charge in [-0.2, -0.15) is 0 Å². The van der Waals surface area contributed by atoms with E-state index < -0.39 is 0 Å². The molecule has 0 radical (unpaired) electrons. The molecule has 1 amide bonds. The molecular formula is C14H18ClN3O. The number of benzene rings is 1. The van der Waals surface area contributed by atoms with Gasteiger partial charge in [0.25, 0.3) is 5.91 Å². The number of piperazine rings is 1. The number of hydrogen-bond donors (Lipinski definition) is 1. The van der Waals surface area contributed by atoms with E-state index in [0.29, 0.717) is 16.3 Å². The van der Waals surface area contributed by atoms with Crippen molar-refractivity contribution in [2.24, 2.45) is 0 Å². The molecule has 0 atom stereocenters. The average Bonchev–Trinajstić information content (AvgIpc) is 2.38. The van der Waals surface area contributed by atoms with Crippen LogP contribution >= 0.6 is 11.6 Å². The number of nitrogen functional groups attached to an aromatic ring is 1. The van der Waals surface area contributed by atoms with Crippen LogP contribution in [0.4, 0.5) is 5.69 Å². The van der Waals surface area contributed by atoms with Crippen molar-refractivity contribution in [1.82, 2.24) is 9.80 Å². The largest absolute Gasteiger partial charge is 0.399 e. The van der Waals surface area contributed by atoms with E-state index in [1.54, 1.807) is 18.2 Å². The van der Waals surface area contributed by atoms with Gasteiger partial charge in [0, 0.05) is 49.0 Å². The van der Waals surface area contributed by atoms with E-state index in [2.05, 4.69) is 11.5 Å². The molecule has 1 aliphatic rings. The first-order chi connectivity index (χ1) is 9.10. The molecule has 19 heavy (non-hydrogen) atoms. The lowest BCUT2D eigenvalue weighted by molar-refractivity contribution is 0.0650. The van der Waals surface area contributed by atoms with E-state index in [-0.39, 0.29) is 5.91 Å². The standard InChI is InChI=1S/C14H18ClN3O/c1-2-3-17-4-6-18(7-5-17)14(19)11-8-12(15)10-13(16)9-11/h2,8-10H,1,3-7,16H2. The van der Waals surface area contributed by atoms with E-state index in [9.17, 15) is 4.79 Å². The van der Waals surface area contributed by atoms with E-state index in [1.165, 1.54) is 0 Å². The molecule has 0 spiro atoms. The molecule has 0 aliphatic carbocycles. The number of halogens is 1. The molecule has 4 nitrogen and oxygen atoms in total. The number of carbonyl (C=O) groups is 1. The number of rotatable bonds is 3. The van der Waals surface area contributed by atoms with Crippen molar-refractivity contribution in [3.63, 3.8) is 0 Å². The Balaban J connectivity index is 2.03. The second-order valence-electron chi connectivity index (χ2n) is 4.65. The summed E-state index contributed by atoms with van der Waals surface area (Å²) in [6.45, 7) is 7.77. The van der Waals surface area contributed by atoms with Crippen LogP contribution in [0.5, 0.6) is 0 Å². The molecule has 0 bridgehead atoms. The van der Waals surface area contributed by atoms with Crippen molar-refractivity contribution in [1.29, 1.82) is 0 Å². The summed E-state index contributed by atoms with van der Waals surface area (Å²) in [6.07, 6.45) is 1.88. The van der Waals surface area contributed by atoms with Crippen LogP contribution in [0.25, 0.3) is 0 Å². The number of nitrogens with zero attached hydrogens (tertiary/aromatic N) is 2. The summed E-state index contributed by atoms with van der Waals surface area (Å²) in [7, 11) is 0. The topological polar surface area (TPSA) is 49.6 Å². The number of hydrogen-bond acceptors (Lipinski definition) is 3. The van der Waals surface area contributed by atoms with Gasteiger partial charge in [0.05, 0.1) is 0 Å². The van der Waals surface area contributed by atoms with Gasteiger partial charge < -0.3 is 10.6 Å². The molecule has 1 saturated heterocycles. The van der Waals surface area contributed by atoms with E-state index in [1.807, 2.05) is 11.0 Å². The Morgan fingerprint density at radius 1 is 1.32 bits per heavy atom. The lowest BCUT2D eigenvalue weighted by Crippen LogP contribution is -2.48. The molecule has 1 fully saturated rings. The summed E-state index contributed by atoms with van der Waals surface area (Å²) in [4.78, 5) is 16.4. The van der Waals surface area contributed by atoms with E-state index >= 15 is 0 Å². The lowest BCUT2D eigenvalue weighted by atomic mass is 10.1. The summed E-state index contributed by atoms with van der Waals surface area (Å²) in [5.74, 6) is -0.00699. The molecule has 0 unspecified atom stereocenters. The zero-order chi connectivity index (χ0) is 13.8. The van der Waals surface area contributed by atoms with Crippen LogP contribution in [0.3, 0.4) is 0 Å². The van der Waals surface area contributed by atoms with Gasteiger partial charge in [-0.1, -0.05) is 17.7 Å². The van der Waals surface area contributed by atoms with Crippen molar-refractivity contribution in [3.05, 3.63) is 41.4 Å². The lowest BCUT2D eigenvalue weighted by Gasteiger charge is -2.34. The average molecular weight is 280 g/mol. The summed E-state index contributed by atoms with van der Waals surface area (Å²) in [6, 6.07) is 4.97. The van der Waals surface area contributed by atoms with Crippen LogP contribution in [-0.4, -0.2) is 48.4 Å². The Morgan fingerprint density at radius 3 is 2.58 bits per heavy atom. The summed E-state index contributed by atoms with van der Waals surface area (Å²) in [5, 5.41) is 0.494. The monoisotopic (exact) mass is 279 g/mol. The Kier molecular flexibility index (Phi) is 4.45. The van der Waals surface area contributed by atoms with Gasteiger partial charge in [-0.25, -0.2) is 0 Å². The zero-order valence-electron chi connectivity index (χ0n) is 10.8. The maximum absolute atomic E-state index is 12.3. The first-order valence-electron chi connectivity index (χ1n) is 6.29. The van der Waals surface area contributed by atoms with Crippen LogP contribution in [0.2, 0.25) is 5.02 Å². The fourth-order valence-corrected chi connectivity index (χ4v) is 2.48. The van der Waals surface area contributed by atoms with Crippen LogP contribution in [0, 0.1) is 0 Å². The number of anilines is 1. The van der Waals surface area contributed by atoms with Crippen molar-refractivity contribution < 1.29 is 4.79 Å². The molecule has 0 aromatic heterocycles. The SMILES string of the molecule is C=CCN1CCN(C(=O)c2cc(N)cc(Cl)c2)CC1. The Bertz CT molecular complexity index is 461. The van der Waals surface area contributed by atoms with Gasteiger partial charge in [-0.15, -0.1) is 6.58 Å². The van der Waals surface area contributed by atoms with Crippen LogP contribution in [0.15, 0.2) is 30.9 Å². The van der Waals surface area contributed by atoms with Crippen LogP contribution in [-0.2, 0) is 0 Å². The Morgan fingerprint density at radius 2 is 2.00 bits per heavy atom. The quantitative estimate of drug-likeness (QED) is 0.679.